The van der Waals surface area contributed by atoms with Gasteiger partial charge >= 0.3 is 0 Å². The molecule has 1 saturated carbocycles. The van der Waals surface area contributed by atoms with E-state index in [0.29, 0.717) is 6.04 Å². The van der Waals surface area contributed by atoms with Gasteiger partial charge in [-0.05, 0) is 47.2 Å². The van der Waals surface area contributed by atoms with Gasteiger partial charge in [0, 0.05) is 37.9 Å². The summed E-state index contributed by atoms with van der Waals surface area (Å²) in [4.78, 5) is 5.24. The van der Waals surface area contributed by atoms with Crippen molar-refractivity contribution in [2.45, 2.75) is 19.1 Å². The van der Waals surface area contributed by atoms with Crippen LogP contribution in [-0.2, 0) is 13.1 Å². The van der Waals surface area contributed by atoms with Crippen molar-refractivity contribution in [3.8, 4) is 5.75 Å². The molecule has 3 heteroatoms. The molecule has 2 unspecified atom stereocenters. The van der Waals surface area contributed by atoms with E-state index in [9.17, 15) is 0 Å². The van der Waals surface area contributed by atoms with Gasteiger partial charge in [-0.2, -0.15) is 0 Å². The summed E-state index contributed by atoms with van der Waals surface area (Å²) in [5.41, 5.74) is 4.12. The summed E-state index contributed by atoms with van der Waals surface area (Å²) in [5.74, 6) is 2.46. The lowest BCUT2D eigenvalue weighted by atomic mass is 10.1. The molecule has 3 nitrogen and oxygen atoms in total. The molecule has 1 aliphatic carbocycles. The number of fused-ring (bicyclic) bond motifs is 1. The Morgan fingerprint density at radius 1 is 0.759 bits per heavy atom. The second-order valence-electron chi connectivity index (χ2n) is 8.30. The van der Waals surface area contributed by atoms with Crippen LogP contribution in [0.4, 0.5) is 5.69 Å². The molecular formula is C26H28N2O. The number of methoxy groups -OCH3 is 1. The van der Waals surface area contributed by atoms with Crippen molar-refractivity contribution in [3.63, 3.8) is 0 Å². The molecule has 0 N–H and O–H groups in total. The molecule has 0 spiro atoms. The fraction of sp³-hybridized carbons (Fsp3) is 0.308. The topological polar surface area (TPSA) is 15.7 Å². The molecule has 29 heavy (non-hydrogen) atoms. The van der Waals surface area contributed by atoms with E-state index in [-0.39, 0.29) is 0 Å². The summed E-state index contributed by atoms with van der Waals surface area (Å²) in [6, 6.07) is 31.0. The quantitative estimate of drug-likeness (QED) is 0.580. The predicted molar refractivity (Wildman–Crippen MR) is 118 cm³/mol. The van der Waals surface area contributed by atoms with Crippen molar-refractivity contribution in [1.82, 2.24) is 4.90 Å². The molecular weight excluding hydrogens is 356 g/mol. The van der Waals surface area contributed by atoms with Crippen LogP contribution >= 0.6 is 0 Å². The first kappa shape index (κ1) is 18.3. The van der Waals surface area contributed by atoms with Gasteiger partial charge in [0.2, 0.25) is 0 Å². The number of ether oxygens (including phenoxy) is 1. The number of piperidine rings is 1. The van der Waals surface area contributed by atoms with Crippen LogP contribution in [-0.4, -0.2) is 31.1 Å². The molecule has 5 rings (SSSR count). The van der Waals surface area contributed by atoms with Crippen LogP contribution in [0.5, 0.6) is 5.75 Å². The lowest BCUT2D eigenvalue weighted by molar-refractivity contribution is 0.222. The molecule has 1 saturated heterocycles. The van der Waals surface area contributed by atoms with Crippen molar-refractivity contribution in [3.05, 3.63) is 96.1 Å². The Labute approximate surface area is 173 Å². The van der Waals surface area contributed by atoms with Crippen LogP contribution in [0.2, 0.25) is 0 Å². The zero-order chi connectivity index (χ0) is 19.6. The fourth-order valence-corrected chi connectivity index (χ4v) is 4.94. The molecule has 3 aromatic carbocycles. The summed E-state index contributed by atoms with van der Waals surface area (Å²) in [5, 5.41) is 0. The van der Waals surface area contributed by atoms with Crippen molar-refractivity contribution < 1.29 is 4.74 Å². The molecule has 0 aromatic heterocycles. The first-order valence-electron chi connectivity index (χ1n) is 10.5. The lowest BCUT2D eigenvalue weighted by Gasteiger charge is -2.28. The number of anilines is 1. The Morgan fingerprint density at radius 3 is 1.76 bits per heavy atom. The highest BCUT2D eigenvalue weighted by Gasteiger charge is 2.58. The van der Waals surface area contributed by atoms with E-state index in [2.05, 4.69) is 94.7 Å². The minimum Gasteiger partial charge on any atom is -0.497 e. The zero-order valence-corrected chi connectivity index (χ0v) is 16.9. The van der Waals surface area contributed by atoms with Crippen molar-refractivity contribution in [2.24, 2.45) is 11.8 Å². The van der Waals surface area contributed by atoms with Crippen molar-refractivity contribution >= 4 is 5.69 Å². The van der Waals surface area contributed by atoms with Gasteiger partial charge in [-0.15, -0.1) is 0 Å². The molecule has 0 radical (unpaired) electrons. The van der Waals surface area contributed by atoms with Gasteiger partial charge < -0.3 is 9.64 Å². The third kappa shape index (κ3) is 3.88. The summed E-state index contributed by atoms with van der Waals surface area (Å²) >= 11 is 0. The predicted octanol–water partition coefficient (Wildman–Crippen LogP) is 4.83. The van der Waals surface area contributed by atoms with Gasteiger partial charge in [-0.1, -0.05) is 60.7 Å². The van der Waals surface area contributed by atoms with Gasteiger partial charge in [-0.25, -0.2) is 0 Å². The average Bonchev–Trinajstić information content (AvgIpc) is 3.27. The highest BCUT2D eigenvalue weighted by Crippen LogP contribution is 2.50. The standard InChI is InChI=1S/C26H28N2O/c1-29-23-14-12-22(13-15-23)27-18-24-25(19-27)26(24)28(16-20-8-4-2-5-9-20)17-21-10-6-3-7-11-21/h2-15,24-26H,16-19H2,1H3/t24-,25?,26?/m0/s1. The lowest BCUT2D eigenvalue weighted by Crippen LogP contribution is -2.34. The van der Waals surface area contributed by atoms with E-state index in [0.717, 1.165) is 43.8 Å². The maximum absolute atomic E-state index is 5.30. The van der Waals surface area contributed by atoms with Crippen LogP contribution < -0.4 is 9.64 Å². The molecule has 0 amide bonds. The van der Waals surface area contributed by atoms with E-state index < -0.39 is 0 Å². The molecule has 2 aliphatic rings. The van der Waals surface area contributed by atoms with Crippen LogP contribution in [0.3, 0.4) is 0 Å². The fourth-order valence-electron chi connectivity index (χ4n) is 4.94. The molecule has 1 heterocycles. The number of benzene rings is 3. The second-order valence-corrected chi connectivity index (χ2v) is 8.30. The normalized spacial score (nSPS) is 22.6. The van der Waals surface area contributed by atoms with Crippen molar-refractivity contribution in [2.75, 3.05) is 25.1 Å². The number of hydrogen-bond donors (Lipinski definition) is 0. The zero-order valence-electron chi connectivity index (χ0n) is 16.9. The summed E-state index contributed by atoms with van der Waals surface area (Å²) in [6.07, 6.45) is 0. The average molecular weight is 385 g/mol. The maximum atomic E-state index is 5.30. The van der Waals surface area contributed by atoms with Crippen LogP contribution in [0.25, 0.3) is 0 Å². The number of nitrogens with zero attached hydrogens (tertiary/aromatic N) is 2. The monoisotopic (exact) mass is 384 g/mol. The van der Waals surface area contributed by atoms with Crippen LogP contribution in [0.1, 0.15) is 11.1 Å². The van der Waals surface area contributed by atoms with Gasteiger partial charge in [-0.3, -0.25) is 4.90 Å². The second kappa shape index (κ2) is 7.92. The Balaban J connectivity index is 1.28. The SMILES string of the molecule is COc1ccc(N2CC3C(N(Cc4ccccc4)Cc4ccccc4)[C@H]3C2)cc1. The van der Waals surface area contributed by atoms with E-state index >= 15 is 0 Å². The largest absolute Gasteiger partial charge is 0.497 e. The third-order valence-electron chi connectivity index (χ3n) is 6.46. The Kier molecular flexibility index (Phi) is 4.99. The van der Waals surface area contributed by atoms with E-state index in [1.54, 1.807) is 7.11 Å². The van der Waals surface area contributed by atoms with Crippen LogP contribution in [0, 0.1) is 11.8 Å². The third-order valence-corrected chi connectivity index (χ3v) is 6.46. The van der Waals surface area contributed by atoms with Crippen molar-refractivity contribution in [1.29, 1.82) is 0 Å². The first-order valence-corrected chi connectivity index (χ1v) is 10.5. The van der Waals surface area contributed by atoms with Gasteiger partial charge in [0.25, 0.3) is 0 Å². The molecule has 148 valence electrons. The van der Waals surface area contributed by atoms with Gasteiger partial charge in [0.1, 0.15) is 5.75 Å². The Hall–Kier alpha value is -2.78. The molecule has 2 fully saturated rings. The van der Waals surface area contributed by atoms with Gasteiger partial charge in [0.05, 0.1) is 7.11 Å². The maximum Gasteiger partial charge on any atom is 0.119 e. The van der Waals surface area contributed by atoms with Gasteiger partial charge in [0.15, 0.2) is 0 Å². The first-order chi connectivity index (χ1) is 14.3. The number of rotatable bonds is 7. The summed E-state index contributed by atoms with van der Waals surface area (Å²) in [6.45, 7) is 4.36. The Bertz CT molecular complexity index is 872. The molecule has 0 bridgehead atoms. The summed E-state index contributed by atoms with van der Waals surface area (Å²) in [7, 11) is 1.72. The Morgan fingerprint density at radius 2 is 1.28 bits per heavy atom. The van der Waals surface area contributed by atoms with E-state index in [4.69, 9.17) is 4.74 Å². The van der Waals surface area contributed by atoms with E-state index in [1.807, 2.05) is 0 Å². The minimum atomic E-state index is 0.685. The smallest absolute Gasteiger partial charge is 0.119 e. The number of hydrogen-bond acceptors (Lipinski definition) is 3. The summed E-state index contributed by atoms with van der Waals surface area (Å²) < 4.78 is 5.30. The molecule has 3 atom stereocenters. The molecule has 3 aromatic rings. The highest BCUT2D eigenvalue weighted by molar-refractivity contribution is 5.51. The molecule has 1 aliphatic heterocycles. The van der Waals surface area contributed by atoms with Crippen LogP contribution in [0.15, 0.2) is 84.9 Å². The highest BCUT2D eigenvalue weighted by atomic mass is 16.5. The van der Waals surface area contributed by atoms with E-state index in [1.165, 1.54) is 16.8 Å². The minimum absolute atomic E-state index is 0.685.